The van der Waals surface area contributed by atoms with E-state index in [0.29, 0.717) is 23.1 Å². The number of rotatable bonds is 22. The van der Waals surface area contributed by atoms with Crippen molar-refractivity contribution in [3.8, 4) is 5.75 Å². The van der Waals surface area contributed by atoms with Crippen LogP contribution in [0.3, 0.4) is 0 Å². The molecule has 0 radical (unpaired) electrons. The lowest BCUT2D eigenvalue weighted by molar-refractivity contribution is -0.164. The number of esters is 1. The minimum Gasteiger partial charge on any atom is -0.497 e. The second kappa shape index (κ2) is 23.2. The van der Waals surface area contributed by atoms with Gasteiger partial charge >= 0.3 is 5.97 Å². The van der Waals surface area contributed by atoms with Crippen molar-refractivity contribution >= 4 is 46.9 Å². The Morgan fingerprint density at radius 2 is 1.43 bits per heavy atom. The zero-order valence-corrected chi connectivity index (χ0v) is 43.3. The highest BCUT2D eigenvalue weighted by atomic mass is 127. The molecular weight excluding hydrogens is 942 g/mol. The van der Waals surface area contributed by atoms with Crippen LogP contribution in [-0.2, 0) is 41.9 Å². The Hall–Kier alpha value is -3.37. The standard InChI is InChI=1S/C51H70INO8SSi/c1-35-31-36(2)49(37(3)32-35)62(56,57)53(33-41-19-15-13-16-20-41)40(6)48(43-21-17-14-18-22-43)60-50(55)45(28-23-38(4)61-63(11,12)51(7,8)9)47(54)39(5)46(29-30-52)59-34-42-24-26-44(58-10)27-25-42/h13-22,24-27,29-32,38-40,45-48,54H,23,28,33-34H2,1-12H3/b30-29+/t38?,39-,40-,45+,46-,47+,48-/m0/s1. The molecule has 0 spiro atoms. The maximum Gasteiger partial charge on any atom is 0.312 e. The van der Waals surface area contributed by atoms with Crippen molar-refractivity contribution in [2.75, 3.05) is 7.11 Å². The van der Waals surface area contributed by atoms with Crippen molar-refractivity contribution in [3.05, 3.63) is 141 Å². The lowest BCUT2D eigenvalue weighted by atomic mass is 9.85. The molecule has 0 aliphatic heterocycles. The van der Waals surface area contributed by atoms with E-state index < -0.39 is 60.5 Å². The number of aliphatic hydroxyl groups is 1. The Kier molecular flexibility index (Phi) is 19.2. The average Bonchev–Trinajstić information content (AvgIpc) is 3.22. The van der Waals surface area contributed by atoms with Crippen LogP contribution in [0.1, 0.15) is 93.9 Å². The summed E-state index contributed by atoms with van der Waals surface area (Å²) in [5, 5.41) is 12.4. The molecular formula is C51H70INO8SSi. The summed E-state index contributed by atoms with van der Waals surface area (Å²) in [7, 11) is -4.71. The Labute approximate surface area is 392 Å². The van der Waals surface area contributed by atoms with Gasteiger partial charge in [-0.15, -0.1) is 0 Å². The van der Waals surface area contributed by atoms with E-state index in [2.05, 4.69) is 56.5 Å². The van der Waals surface area contributed by atoms with Crippen molar-refractivity contribution in [2.24, 2.45) is 11.8 Å². The molecule has 0 aromatic heterocycles. The van der Waals surface area contributed by atoms with Gasteiger partial charge in [0.25, 0.3) is 0 Å². The molecule has 9 nitrogen and oxygen atoms in total. The fourth-order valence-corrected chi connectivity index (χ4v) is 11.8. The third-order valence-electron chi connectivity index (χ3n) is 12.4. The molecule has 7 atom stereocenters. The predicted octanol–water partition coefficient (Wildman–Crippen LogP) is 11.8. The van der Waals surface area contributed by atoms with E-state index >= 15 is 13.2 Å². The number of halogens is 1. The third kappa shape index (κ3) is 14.1. The first-order valence-electron chi connectivity index (χ1n) is 21.9. The van der Waals surface area contributed by atoms with E-state index in [9.17, 15) is 5.11 Å². The topological polar surface area (TPSA) is 112 Å². The fraction of sp³-hybridized carbons (Fsp3) is 0.471. The molecule has 0 saturated carbocycles. The Morgan fingerprint density at radius 1 is 0.857 bits per heavy atom. The largest absolute Gasteiger partial charge is 0.497 e. The number of nitrogens with zero attached hydrogens (tertiary/aromatic N) is 1. The first kappa shape index (κ1) is 52.3. The van der Waals surface area contributed by atoms with Crippen LogP contribution in [-0.4, -0.2) is 63.6 Å². The molecule has 1 N–H and O–H groups in total. The van der Waals surface area contributed by atoms with E-state index in [1.165, 1.54) is 4.31 Å². The van der Waals surface area contributed by atoms with E-state index in [-0.39, 0.29) is 35.6 Å². The second-order valence-corrected chi connectivity index (χ2v) is 25.7. The van der Waals surface area contributed by atoms with Gasteiger partial charge in [0.2, 0.25) is 10.0 Å². The number of hydrogen-bond donors (Lipinski definition) is 1. The molecule has 0 bridgehead atoms. The lowest BCUT2D eigenvalue weighted by Gasteiger charge is -2.39. The molecule has 0 heterocycles. The predicted molar refractivity (Wildman–Crippen MR) is 265 cm³/mol. The maximum atomic E-state index is 15.1. The highest BCUT2D eigenvalue weighted by Crippen LogP contribution is 2.39. The summed E-state index contributed by atoms with van der Waals surface area (Å²) in [5.74, 6) is -1.43. The van der Waals surface area contributed by atoms with E-state index in [0.717, 1.165) is 22.4 Å². The van der Waals surface area contributed by atoms with Crippen LogP contribution < -0.4 is 4.74 Å². The third-order valence-corrected chi connectivity index (χ3v) is 19.7. The minimum absolute atomic E-state index is 0.0193. The van der Waals surface area contributed by atoms with E-state index in [1.54, 1.807) is 14.0 Å². The maximum absolute atomic E-state index is 15.1. The summed E-state index contributed by atoms with van der Waals surface area (Å²) < 4.78 is 58.6. The van der Waals surface area contributed by atoms with Crippen LogP contribution in [0.5, 0.6) is 5.75 Å². The number of carbonyl (C=O) groups excluding carboxylic acids is 1. The number of sulfonamides is 1. The summed E-state index contributed by atoms with van der Waals surface area (Å²) in [5.41, 5.74) is 4.60. The molecule has 0 amide bonds. The Balaban J connectivity index is 1.77. The van der Waals surface area contributed by atoms with Crippen LogP contribution in [0.4, 0.5) is 0 Å². The van der Waals surface area contributed by atoms with Crippen molar-refractivity contribution in [1.29, 1.82) is 0 Å². The van der Waals surface area contributed by atoms with Crippen molar-refractivity contribution in [1.82, 2.24) is 4.31 Å². The number of carbonyl (C=O) groups is 1. The van der Waals surface area contributed by atoms with Gasteiger partial charge < -0.3 is 23.7 Å². The highest BCUT2D eigenvalue weighted by Gasteiger charge is 2.42. The number of aryl methyl sites for hydroxylation is 3. The summed E-state index contributed by atoms with van der Waals surface area (Å²) in [6.45, 7) is 22.6. The smallest absolute Gasteiger partial charge is 0.312 e. The molecule has 344 valence electrons. The Bertz CT molecular complexity index is 2170. The zero-order chi connectivity index (χ0) is 46.7. The molecule has 1 unspecified atom stereocenters. The number of ether oxygens (including phenoxy) is 3. The zero-order valence-electron chi connectivity index (χ0n) is 39.3. The van der Waals surface area contributed by atoms with Gasteiger partial charge in [-0.1, -0.05) is 141 Å². The average molecular weight is 1010 g/mol. The van der Waals surface area contributed by atoms with Gasteiger partial charge in [-0.2, -0.15) is 4.31 Å². The monoisotopic (exact) mass is 1010 g/mol. The number of hydrogen-bond acceptors (Lipinski definition) is 8. The molecule has 12 heteroatoms. The van der Waals surface area contributed by atoms with Crippen LogP contribution in [0.25, 0.3) is 0 Å². The van der Waals surface area contributed by atoms with Crippen LogP contribution >= 0.6 is 22.6 Å². The number of methoxy groups -OCH3 is 1. The molecule has 0 fully saturated rings. The summed E-state index contributed by atoms with van der Waals surface area (Å²) in [4.78, 5) is 15.3. The van der Waals surface area contributed by atoms with Gasteiger partial charge in [0.15, 0.2) is 8.32 Å². The molecule has 0 aliphatic rings. The van der Waals surface area contributed by atoms with Gasteiger partial charge in [-0.3, -0.25) is 4.79 Å². The minimum atomic E-state index is -4.17. The quantitative estimate of drug-likeness (QED) is 0.0471. The first-order chi connectivity index (χ1) is 29.6. The summed E-state index contributed by atoms with van der Waals surface area (Å²) in [6, 6.07) is 29.2. The van der Waals surface area contributed by atoms with Crippen LogP contribution in [0, 0.1) is 32.6 Å². The molecule has 63 heavy (non-hydrogen) atoms. The van der Waals surface area contributed by atoms with Gasteiger partial charge in [0.1, 0.15) is 11.9 Å². The Morgan fingerprint density at radius 3 is 1.97 bits per heavy atom. The van der Waals surface area contributed by atoms with E-state index in [1.807, 2.05) is 142 Å². The molecule has 0 saturated heterocycles. The van der Waals surface area contributed by atoms with Gasteiger partial charge in [-0.05, 0) is 116 Å². The second-order valence-electron chi connectivity index (χ2n) is 18.4. The van der Waals surface area contributed by atoms with Gasteiger partial charge in [0.05, 0.1) is 42.8 Å². The first-order valence-corrected chi connectivity index (χ1v) is 27.5. The molecule has 4 aromatic carbocycles. The van der Waals surface area contributed by atoms with Crippen LogP contribution in [0.15, 0.2) is 112 Å². The molecule has 4 rings (SSSR count). The van der Waals surface area contributed by atoms with Gasteiger partial charge in [0, 0.05) is 18.6 Å². The normalized spacial score (nSPS) is 16.0. The summed E-state index contributed by atoms with van der Waals surface area (Å²) >= 11 is 2.14. The van der Waals surface area contributed by atoms with Crippen molar-refractivity contribution in [3.63, 3.8) is 0 Å². The van der Waals surface area contributed by atoms with Crippen molar-refractivity contribution in [2.45, 2.75) is 142 Å². The highest BCUT2D eigenvalue weighted by molar-refractivity contribution is 14.1. The van der Waals surface area contributed by atoms with Crippen LogP contribution in [0.2, 0.25) is 18.1 Å². The van der Waals surface area contributed by atoms with E-state index in [4.69, 9.17) is 18.6 Å². The molecule has 0 aliphatic carbocycles. The molecule has 4 aromatic rings. The van der Waals surface area contributed by atoms with Gasteiger partial charge in [-0.25, -0.2) is 8.42 Å². The number of benzene rings is 4. The summed E-state index contributed by atoms with van der Waals surface area (Å²) in [6.07, 6.45) is -0.335. The SMILES string of the molecule is COc1ccc(CO[C@@H](/C=C/I)[C@H](C)[C@@H](O)[C@@H](CCC(C)O[Si](C)(C)C(C)(C)C)C(=O)O[C@H](c2ccccc2)[C@H](C)N(Cc2ccccc2)S(=O)(=O)c2c(C)cc(C)cc2C)cc1. The lowest BCUT2D eigenvalue weighted by Crippen LogP contribution is -2.45. The fourth-order valence-electron chi connectivity index (χ4n) is 7.86. The van der Waals surface area contributed by atoms with Crippen molar-refractivity contribution < 1.29 is 37.0 Å². The number of aliphatic hydroxyl groups excluding tert-OH is 1.